The summed E-state index contributed by atoms with van der Waals surface area (Å²) in [6.45, 7) is 3.69. The van der Waals surface area contributed by atoms with Gasteiger partial charge >= 0.3 is 6.03 Å². The van der Waals surface area contributed by atoms with Crippen LogP contribution in [0.15, 0.2) is 0 Å². The second kappa shape index (κ2) is 4.44. The van der Waals surface area contributed by atoms with Gasteiger partial charge in [0.2, 0.25) is 11.8 Å². The fourth-order valence-electron chi connectivity index (χ4n) is 2.14. The van der Waals surface area contributed by atoms with Gasteiger partial charge in [-0.2, -0.15) is 0 Å². The van der Waals surface area contributed by atoms with Gasteiger partial charge in [-0.1, -0.05) is 6.92 Å². The molecule has 0 bridgehead atoms. The number of rotatable bonds is 2. The van der Waals surface area contributed by atoms with Crippen LogP contribution >= 0.6 is 0 Å². The Morgan fingerprint density at radius 2 is 1.94 bits per heavy atom. The van der Waals surface area contributed by atoms with Crippen molar-refractivity contribution < 1.29 is 19.1 Å². The fourth-order valence-corrected chi connectivity index (χ4v) is 2.14. The lowest BCUT2D eigenvalue weighted by Gasteiger charge is -2.38. The van der Waals surface area contributed by atoms with Crippen molar-refractivity contribution in [3.8, 4) is 0 Å². The molecule has 0 atom stereocenters. The van der Waals surface area contributed by atoms with E-state index in [1.54, 1.807) is 0 Å². The van der Waals surface area contributed by atoms with Gasteiger partial charge in [-0.15, -0.1) is 0 Å². The number of nitrogens with one attached hydrogen (secondary N) is 1. The van der Waals surface area contributed by atoms with Crippen LogP contribution in [0.3, 0.4) is 0 Å². The number of carbonyl (C=O) groups excluding carboxylic acids is 3. The Morgan fingerprint density at radius 1 is 1.29 bits per heavy atom. The molecule has 2 aliphatic heterocycles. The van der Waals surface area contributed by atoms with Crippen molar-refractivity contribution in [3.05, 3.63) is 0 Å². The third-order valence-corrected chi connectivity index (χ3v) is 3.34. The molecule has 6 nitrogen and oxygen atoms in total. The number of barbiturate groups is 1. The van der Waals surface area contributed by atoms with Crippen molar-refractivity contribution in [2.24, 2.45) is 5.41 Å². The highest BCUT2D eigenvalue weighted by molar-refractivity contribution is 6.14. The lowest BCUT2D eigenvalue weighted by atomic mass is 9.82. The first kappa shape index (κ1) is 12.0. The van der Waals surface area contributed by atoms with Crippen molar-refractivity contribution in [3.63, 3.8) is 0 Å². The SMILES string of the molecule is CC1(CN2C(=O)CC(=O)NC2=O)CCOCC1. The molecule has 0 aromatic rings. The molecular weight excluding hydrogens is 224 g/mol. The molecular formula is C11H16N2O4. The fraction of sp³-hybridized carbons (Fsp3) is 0.727. The van der Waals surface area contributed by atoms with Crippen molar-refractivity contribution in [2.75, 3.05) is 19.8 Å². The summed E-state index contributed by atoms with van der Waals surface area (Å²) in [7, 11) is 0. The van der Waals surface area contributed by atoms with Gasteiger partial charge < -0.3 is 4.74 Å². The first-order chi connectivity index (χ1) is 8.00. The van der Waals surface area contributed by atoms with E-state index in [0.717, 1.165) is 17.7 Å². The van der Waals surface area contributed by atoms with Crippen LogP contribution in [0.4, 0.5) is 4.79 Å². The summed E-state index contributed by atoms with van der Waals surface area (Å²) >= 11 is 0. The molecule has 2 rings (SSSR count). The zero-order valence-corrected chi connectivity index (χ0v) is 9.82. The van der Waals surface area contributed by atoms with Crippen molar-refractivity contribution in [2.45, 2.75) is 26.2 Å². The number of imide groups is 2. The lowest BCUT2D eigenvalue weighted by Crippen LogP contribution is -2.55. The number of carbonyl (C=O) groups is 3. The predicted octanol–water partition coefficient (Wildman–Crippen LogP) is 0.272. The lowest BCUT2D eigenvalue weighted by molar-refractivity contribution is -0.137. The molecule has 0 radical (unpaired) electrons. The Balaban J connectivity index is 2.04. The number of amides is 4. The summed E-state index contributed by atoms with van der Waals surface area (Å²) in [6.07, 6.45) is 1.40. The number of hydrogen-bond donors (Lipinski definition) is 1. The number of urea groups is 1. The molecule has 2 saturated heterocycles. The van der Waals surface area contributed by atoms with Crippen LogP contribution in [0.2, 0.25) is 0 Å². The monoisotopic (exact) mass is 240 g/mol. The number of hydrogen-bond acceptors (Lipinski definition) is 4. The third kappa shape index (κ3) is 2.63. The van der Waals surface area contributed by atoms with Gasteiger partial charge in [0, 0.05) is 19.8 Å². The minimum Gasteiger partial charge on any atom is -0.381 e. The summed E-state index contributed by atoms with van der Waals surface area (Å²) in [6, 6.07) is -0.598. The number of ether oxygens (including phenoxy) is 1. The smallest absolute Gasteiger partial charge is 0.330 e. The second-order valence-electron chi connectivity index (χ2n) is 4.93. The Hall–Kier alpha value is -1.43. The summed E-state index contributed by atoms with van der Waals surface area (Å²) in [5.41, 5.74) is -0.106. The van der Waals surface area contributed by atoms with Gasteiger partial charge in [-0.25, -0.2) is 4.79 Å². The van der Waals surface area contributed by atoms with E-state index in [-0.39, 0.29) is 11.8 Å². The maximum Gasteiger partial charge on any atom is 0.330 e. The van der Waals surface area contributed by atoms with E-state index in [9.17, 15) is 14.4 Å². The molecule has 0 unspecified atom stereocenters. The molecule has 1 N–H and O–H groups in total. The molecule has 2 heterocycles. The van der Waals surface area contributed by atoms with E-state index < -0.39 is 17.8 Å². The minimum atomic E-state index is -0.598. The van der Waals surface area contributed by atoms with Crippen LogP contribution in [-0.2, 0) is 14.3 Å². The van der Waals surface area contributed by atoms with E-state index in [2.05, 4.69) is 5.32 Å². The standard InChI is InChI=1S/C11H16N2O4/c1-11(2-4-17-5-3-11)7-13-9(15)6-8(14)12-10(13)16/h2-7H2,1H3,(H,12,14,16). The van der Waals surface area contributed by atoms with Crippen LogP contribution in [0.25, 0.3) is 0 Å². The van der Waals surface area contributed by atoms with Gasteiger partial charge in [-0.05, 0) is 18.3 Å². The third-order valence-electron chi connectivity index (χ3n) is 3.34. The quantitative estimate of drug-likeness (QED) is 0.703. The van der Waals surface area contributed by atoms with Crippen molar-refractivity contribution in [1.29, 1.82) is 0 Å². The van der Waals surface area contributed by atoms with Gasteiger partial charge in [0.15, 0.2) is 0 Å². The molecule has 2 fully saturated rings. The maximum absolute atomic E-state index is 11.6. The van der Waals surface area contributed by atoms with Crippen LogP contribution in [0.5, 0.6) is 0 Å². The largest absolute Gasteiger partial charge is 0.381 e. The van der Waals surface area contributed by atoms with Gasteiger partial charge in [-0.3, -0.25) is 19.8 Å². The summed E-state index contributed by atoms with van der Waals surface area (Å²) < 4.78 is 5.27. The molecule has 17 heavy (non-hydrogen) atoms. The first-order valence-corrected chi connectivity index (χ1v) is 5.72. The minimum absolute atomic E-state index is 0.106. The molecule has 2 aliphatic rings. The topological polar surface area (TPSA) is 75.7 Å². The number of nitrogens with zero attached hydrogens (tertiary/aromatic N) is 1. The average Bonchev–Trinajstić information content (AvgIpc) is 2.24. The highest BCUT2D eigenvalue weighted by Gasteiger charge is 2.37. The van der Waals surface area contributed by atoms with Crippen LogP contribution in [0, 0.1) is 5.41 Å². The summed E-state index contributed by atoms with van der Waals surface area (Å²) in [5, 5.41) is 2.16. The summed E-state index contributed by atoms with van der Waals surface area (Å²) in [5.74, 6) is -0.931. The average molecular weight is 240 g/mol. The Bertz CT molecular complexity index is 340. The molecule has 0 saturated carbocycles. The van der Waals surface area contributed by atoms with E-state index >= 15 is 0 Å². The first-order valence-electron chi connectivity index (χ1n) is 5.72. The van der Waals surface area contributed by atoms with Crippen LogP contribution < -0.4 is 5.32 Å². The zero-order valence-electron chi connectivity index (χ0n) is 9.82. The molecule has 0 aromatic carbocycles. The molecule has 0 aromatic heterocycles. The Morgan fingerprint density at radius 3 is 2.53 bits per heavy atom. The molecule has 6 heteroatoms. The molecule has 0 spiro atoms. The highest BCUT2D eigenvalue weighted by atomic mass is 16.5. The van der Waals surface area contributed by atoms with E-state index in [0.29, 0.717) is 19.8 Å². The Kier molecular flexibility index (Phi) is 3.15. The van der Waals surface area contributed by atoms with E-state index in [1.807, 2.05) is 6.92 Å². The Labute approximate surface area is 99.3 Å². The normalized spacial score (nSPS) is 24.8. The highest BCUT2D eigenvalue weighted by Crippen LogP contribution is 2.31. The predicted molar refractivity (Wildman–Crippen MR) is 58.0 cm³/mol. The van der Waals surface area contributed by atoms with Gasteiger partial charge in [0.1, 0.15) is 6.42 Å². The molecule has 4 amide bonds. The van der Waals surface area contributed by atoms with Crippen molar-refractivity contribution in [1.82, 2.24) is 10.2 Å². The van der Waals surface area contributed by atoms with E-state index in [4.69, 9.17) is 4.74 Å². The van der Waals surface area contributed by atoms with Gasteiger partial charge in [0.05, 0.1) is 0 Å². The zero-order chi connectivity index (χ0) is 12.5. The molecule has 94 valence electrons. The maximum atomic E-state index is 11.6. The second-order valence-corrected chi connectivity index (χ2v) is 4.93. The van der Waals surface area contributed by atoms with Gasteiger partial charge in [0.25, 0.3) is 0 Å². The summed E-state index contributed by atoms with van der Waals surface area (Å²) in [4.78, 5) is 35.4. The van der Waals surface area contributed by atoms with Crippen LogP contribution in [0.1, 0.15) is 26.2 Å². The molecule has 0 aliphatic carbocycles. The van der Waals surface area contributed by atoms with E-state index in [1.165, 1.54) is 0 Å². The van der Waals surface area contributed by atoms with Crippen molar-refractivity contribution >= 4 is 17.8 Å². The van der Waals surface area contributed by atoms with Crippen LogP contribution in [-0.4, -0.2) is 42.5 Å².